The lowest BCUT2D eigenvalue weighted by Crippen LogP contribution is -2.53. The largest absolute Gasteiger partial charge is 0.127 e. The van der Waals surface area contributed by atoms with E-state index in [-0.39, 0.29) is 0 Å². The summed E-state index contributed by atoms with van der Waals surface area (Å²) in [5.74, 6) is 0.805. The highest BCUT2D eigenvalue weighted by molar-refractivity contribution is 8.64. The van der Waals surface area contributed by atoms with E-state index in [0.29, 0.717) is 13.6 Å². The Morgan fingerprint density at radius 1 is 0.565 bits per heavy atom. The Labute approximate surface area is 172 Å². The summed E-state index contributed by atoms with van der Waals surface area (Å²) in [6, 6.07) is 0. The second-order valence-corrected chi connectivity index (χ2v) is 19.5. The molecule has 0 radical (unpaired) electrons. The molecule has 4 heterocycles. The number of hydrogen-bond donors (Lipinski definition) is 0. The molecule has 0 saturated carbocycles. The smallest absolute Gasteiger partial charge is 0.113 e. The van der Waals surface area contributed by atoms with Gasteiger partial charge in [-0.3, -0.25) is 0 Å². The van der Waals surface area contributed by atoms with E-state index in [1.165, 1.54) is 44.9 Å². The molecule has 0 aromatic carbocycles. The van der Waals surface area contributed by atoms with Gasteiger partial charge in [0.1, 0.15) is 13.6 Å². The second-order valence-electron chi connectivity index (χ2n) is 6.39. The van der Waals surface area contributed by atoms with Crippen molar-refractivity contribution in [1.82, 2.24) is 0 Å². The Morgan fingerprint density at radius 3 is 1.13 bits per heavy atom. The van der Waals surface area contributed by atoms with Gasteiger partial charge in [0.2, 0.25) is 0 Å². The fourth-order valence-corrected chi connectivity index (χ4v) is 26.0. The second kappa shape index (κ2) is 7.79. The van der Waals surface area contributed by atoms with Crippen LogP contribution in [0.1, 0.15) is 72.1 Å². The number of halogens is 1. The topological polar surface area (TPSA) is 0 Å². The van der Waals surface area contributed by atoms with Crippen LogP contribution in [0.2, 0.25) is 0 Å². The molecule has 4 fully saturated rings. The molecule has 0 aromatic rings. The van der Waals surface area contributed by atoms with Gasteiger partial charge in [-0.2, -0.15) is 0 Å². The molecular formula is C16H27ClS6. The number of alkyl halides is 1. The first-order valence-electron chi connectivity index (χ1n) is 8.75. The van der Waals surface area contributed by atoms with Crippen LogP contribution in [0.15, 0.2) is 0 Å². The molecule has 0 aliphatic carbocycles. The summed E-state index contributed by atoms with van der Waals surface area (Å²) < 4.78 is 1.49. The van der Waals surface area contributed by atoms with Crippen LogP contribution < -0.4 is 0 Å². The monoisotopic (exact) mass is 446 g/mol. The van der Waals surface area contributed by atoms with Crippen molar-refractivity contribution in [2.45, 2.75) is 85.8 Å². The van der Waals surface area contributed by atoms with Gasteiger partial charge in [0, 0.05) is 5.88 Å². The van der Waals surface area contributed by atoms with E-state index < -0.39 is 0 Å². The molecule has 4 aliphatic rings. The third kappa shape index (κ3) is 3.99. The molecule has 0 aromatic heterocycles. The minimum Gasteiger partial charge on any atom is -0.127 e. The molecule has 7 heteroatoms. The maximum absolute atomic E-state index is 6.09. The number of thioether (sulfide) groups is 6. The van der Waals surface area contributed by atoms with Crippen LogP contribution in [-0.2, 0) is 0 Å². The van der Waals surface area contributed by atoms with Gasteiger partial charge in [-0.05, 0) is 32.1 Å². The quantitative estimate of drug-likeness (QED) is 0.323. The lowest BCUT2D eigenvalue weighted by atomic mass is 10.3. The normalized spacial score (nSPS) is 44.9. The van der Waals surface area contributed by atoms with E-state index in [2.05, 4.69) is 91.3 Å². The van der Waals surface area contributed by atoms with E-state index in [0.717, 1.165) is 12.3 Å². The molecule has 0 unspecified atom stereocenters. The van der Waals surface area contributed by atoms with Gasteiger partial charge in [0.05, 0.1) is 0 Å². The Hall–Kier alpha value is 2.39. The van der Waals surface area contributed by atoms with Crippen molar-refractivity contribution in [2.75, 3.05) is 5.88 Å². The van der Waals surface area contributed by atoms with Crippen LogP contribution in [0.4, 0.5) is 0 Å². The van der Waals surface area contributed by atoms with E-state index in [9.17, 15) is 0 Å². The first-order valence-corrected chi connectivity index (χ1v) is 14.2. The minimum atomic E-state index is 0.343. The summed E-state index contributed by atoms with van der Waals surface area (Å²) in [5.41, 5.74) is 0. The van der Waals surface area contributed by atoms with Crippen molar-refractivity contribution in [3.63, 3.8) is 0 Å². The van der Waals surface area contributed by atoms with E-state index in [1.807, 2.05) is 0 Å². The van der Waals surface area contributed by atoms with Crippen molar-refractivity contribution >= 4 is 82.2 Å². The number of hydrogen-bond acceptors (Lipinski definition) is 6. The molecule has 4 saturated heterocycles. The third-order valence-electron chi connectivity index (χ3n) is 4.15. The van der Waals surface area contributed by atoms with Crippen LogP contribution >= 0.6 is 82.2 Å². The summed E-state index contributed by atoms with van der Waals surface area (Å²) in [7, 11) is 0. The summed E-state index contributed by atoms with van der Waals surface area (Å²) in [6.07, 6.45) is 10.3. The molecule has 0 N–H and O–H groups in total. The Kier molecular flexibility index (Phi) is 6.82. The first-order chi connectivity index (χ1) is 11.0. The van der Waals surface area contributed by atoms with E-state index in [4.69, 9.17) is 11.6 Å². The van der Waals surface area contributed by atoms with Gasteiger partial charge in [-0.15, -0.1) is 82.2 Å². The zero-order chi connectivity index (χ0) is 16.6. The fourth-order valence-electron chi connectivity index (χ4n) is 3.49. The predicted molar refractivity (Wildman–Crippen MR) is 121 cm³/mol. The summed E-state index contributed by atoms with van der Waals surface area (Å²) in [6.45, 7) is 7.08. The first kappa shape index (κ1) is 20.1. The van der Waals surface area contributed by atoms with Crippen LogP contribution in [0, 0.1) is 0 Å². The average Bonchev–Trinajstić information content (AvgIpc) is 2.43. The summed E-state index contributed by atoms with van der Waals surface area (Å²) in [5, 5.41) is 0. The van der Waals surface area contributed by atoms with Crippen LogP contribution in [0.5, 0.6) is 0 Å². The molecule has 4 rings (SSSR count). The Balaban J connectivity index is 1.97. The molecule has 4 aliphatic heterocycles. The maximum atomic E-state index is 6.09. The zero-order valence-electron chi connectivity index (χ0n) is 14.2. The average molecular weight is 447 g/mol. The highest BCUT2D eigenvalue weighted by atomic mass is 35.5. The Morgan fingerprint density at radius 2 is 0.870 bits per heavy atom. The van der Waals surface area contributed by atoms with Gasteiger partial charge < -0.3 is 0 Å². The van der Waals surface area contributed by atoms with Crippen LogP contribution in [-0.4, -0.2) is 19.5 Å². The SMILES string of the molecule is CCCC12SC3(CCC)SC(CCC)(S1)SC(CCCCl)(S2)S3. The highest BCUT2D eigenvalue weighted by Gasteiger charge is 2.71. The third-order valence-corrected chi connectivity index (χ3v) is 16.6. The lowest BCUT2D eigenvalue weighted by Gasteiger charge is -2.67. The zero-order valence-corrected chi connectivity index (χ0v) is 19.8. The molecule has 4 bridgehead atoms. The molecular weight excluding hydrogens is 420 g/mol. The van der Waals surface area contributed by atoms with Crippen LogP contribution in [0.3, 0.4) is 0 Å². The summed E-state index contributed by atoms with van der Waals surface area (Å²) >= 11 is 19.9. The van der Waals surface area contributed by atoms with Gasteiger partial charge in [0.25, 0.3) is 0 Å². The molecule has 134 valence electrons. The van der Waals surface area contributed by atoms with Gasteiger partial charge in [-0.25, -0.2) is 0 Å². The van der Waals surface area contributed by atoms with Crippen molar-refractivity contribution in [1.29, 1.82) is 0 Å². The van der Waals surface area contributed by atoms with Gasteiger partial charge in [0.15, 0.2) is 0 Å². The lowest BCUT2D eigenvalue weighted by molar-refractivity contribution is 0.753. The molecule has 0 spiro atoms. The minimum absolute atomic E-state index is 0.343. The highest BCUT2D eigenvalue weighted by Crippen LogP contribution is 2.91. The molecule has 0 amide bonds. The van der Waals surface area contributed by atoms with Gasteiger partial charge >= 0.3 is 0 Å². The van der Waals surface area contributed by atoms with Crippen LogP contribution in [0.25, 0.3) is 0 Å². The molecule has 0 atom stereocenters. The maximum Gasteiger partial charge on any atom is 0.113 e. The van der Waals surface area contributed by atoms with Crippen molar-refractivity contribution in [2.24, 2.45) is 0 Å². The molecule has 23 heavy (non-hydrogen) atoms. The standard InChI is InChI=1S/C16H27ClS6/c1-4-8-13-18-14(9-5-2)20-15(19-13,10-6-3)23-16(21-13,22-14)11-7-12-17/h4-12H2,1-3H3. The van der Waals surface area contributed by atoms with E-state index >= 15 is 0 Å². The Bertz CT molecular complexity index is 368. The summed E-state index contributed by atoms with van der Waals surface area (Å²) in [4.78, 5) is 0. The van der Waals surface area contributed by atoms with Crippen molar-refractivity contribution < 1.29 is 0 Å². The fraction of sp³-hybridized carbons (Fsp3) is 1.00. The van der Waals surface area contributed by atoms with E-state index in [1.54, 1.807) is 0 Å². The number of rotatable bonds is 9. The predicted octanol–water partition coefficient (Wildman–Crippen LogP) is 8.46. The van der Waals surface area contributed by atoms with Gasteiger partial charge in [-0.1, -0.05) is 40.0 Å². The molecule has 0 nitrogen and oxygen atoms in total. The van der Waals surface area contributed by atoms with Crippen molar-refractivity contribution in [3.8, 4) is 0 Å². The van der Waals surface area contributed by atoms with Crippen molar-refractivity contribution in [3.05, 3.63) is 0 Å².